The first-order chi connectivity index (χ1) is 10.9. The summed E-state index contributed by atoms with van der Waals surface area (Å²) < 4.78 is 37.9. The van der Waals surface area contributed by atoms with Crippen molar-refractivity contribution in [3.05, 3.63) is 34.7 Å². The van der Waals surface area contributed by atoms with E-state index in [9.17, 15) is 18.3 Å². The minimum atomic E-state index is -3.87. The third-order valence-electron chi connectivity index (χ3n) is 3.14. The van der Waals surface area contributed by atoms with Crippen molar-refractivity contribution in [2.45, 2.75) is 11.1 Å². The number of benzene rings is 1. The molecular formula is C14H13NO6S2. The lowest BCUT2D eigenvalue weighted by Gasteiger charge is -2.20. The number of aromatic carboxylic acids is 1. The van der Waals surface area contributed by atoms with Crippen molar-refractivity contribution < 1.29 is 27.8 Å². The summed E-state index contributed by atoms with van der Waals surface area (Å²) in [5, 5.41) is 9.31. The predicted octanol–water partition coefficient (Wildman–Crippen LogP) is 2.33. The molecule has 1 aromatic heterocycles. The number of thiophene rings is 1. The molecule has 0 radical (unpaired) electrons. The molecule has 0 atom stereocenters. The summed E-state index contributed by atoms with van der Waals surface area (Å²) in [4.78, 5) is 12.2. The van der Waals surface area contributed by atoms with Gasteiger partial charge in [-0.2, -0.15) is 0 Å². The van der Waals surface area contributed by atoms with Crippen molar-refractivity contribution >= 4 is 33.0 Å². The first kappa shape index (κ1) is 15.6. The summed E-state index contributed by atoms with van der Waals surface area (Å²) in [5.41, 5.74) is -0.265. The molecule has 0 fully saturated rings. The summed E-state index contributed by atoms with van der Waals surface area (Å²) in [6.45, 7) is 2.41. The third kappa shape index (κ3) is 3.10. The molecule has 23 heavy (non-hydrogen) atoms. The fourth-order valence-corrected chi connectivity index (χ4v) is 4.46. The highest BCUT2D eigenvalue weighted by Crippen LogP contribution is 2.36. The van der Waals surface area contributed by atoms with Crippen molar-refractivity contribution in [2.24, 2.45) is 0 Å². The average Bonchev–Trinajstić information content (AvgIpc) is 2.93. The predicted molar refractivity (Wildman–Crippen MR) is 84.3 cm³/mol. The Bertz CT molecular complexity index is 871. The molecule has 0 aliphatic carbocycles. The standard InChI is InChI=1S/C14H13NO6S2/c1-8-2-3-13(22-8)23(18,19)15-10-7-12-11(20-4-5-21-12)6-9(10)14(16)17/h2-3,6-7,15H,4-5H2,1H3,(H,16,17). The van der Waals surface area contributed by atoms with Crippen LogP contribution in [0, 0.1) is 6.92 Å². The zero-order valence-electron chi connectivity index (χ0n) is 12.0. The monoisotopic (exact) mass is 355 g/mol. The summed E-state index contributed by atoms with van der Waals surface area (Å²) in [5.74, 6) is -0.674. The molecule has 2 heterocycles. The smallest absolute Gasteiger partial charge is 0.337 e. The zero-order valence-corrected chi connectivity index (χ0v) is 13.7. The molecule has 0 saturated heterocycles. The highest BCUT2D eigenvalue weighted by atomic mass is 32.2. The van der Waals surface area contributed by atoms with Crippen molar-refractivity contribution in [1.82, 2.24) is 0 Å². The lowest BCUT2D eigenvalue weighted by molar-refractivity contribution is 0.0697. The molecule has 2 N–H and O–H groups in total. The number of nitrogens with one attached hydrogen (secondary N) is 1. The van der Waals surface area contributed by atoms with Gasteiger partial charge in [-0.15, -0.1) is 11.3 Å². The van der Waals surface area contributed by atoms with Crippen LogP contribution in [0.25, 0.3) is 0 Å². The lowest BCUT2D eigenvalue weighted by Crippen LogP contribution is -2.18. The summed E-state index contributed by atoms with van der Waals surface area (Å²) in [7, 11) is -3.87. The topological polar surface area (TPSA) is 102 Å². The maximum atomic E-state index is 12.4. The molecule has 1 aliphatic rings. The fourth-order valence-electron chi connectivity index (χ4n) is 2.10. The molecule has 1 aromatic carbocycles. The van der Waals surface area contributed by atoms with Crippen LogP contribution < -0.4 is 14.2 Å². The zero-order chi connectivity index (χ0) is 16.6. The van der Waals surface area contributed by atoms with Gasteiger partial charge < -0.3 is 14.6 Å². The summed E-state index contributed by atoms with van der Waals surface area (Å²) in [6.07, 6.45) is 0. The van der Waals surface area contributed by atoms with Gasteiger partial charge in [0.15, 0.2) is 11.5 Å². The summed E-state index contributed by atoms with van der Waals surface area (Å²) in [6, 6.07) is 5.74. The molecule has 3 rings (SSSR count). The van der Waals surface area contributed by atoms with Gasteiger partial charge in [-0.1, -0.05) is 0 Å². The number of sulfonamides is 1. The number of rotatable bonds is 4. The maximum Gasteiger partial charge on any atom is 0.337 e. The van der Waals surface area contributed by atoms with Crippen molar-refractivity contribution in [3.8, 4) is 11.5 Å². The van der Waals surface area contributed by atoms with Gasteiger partial charge in [-0.05, 0) is 19.1 Å². The van der Waals surface area contributed by atoms with Gasteiger partial charge in [0.25, 0.3) is 10.0 Å². The Morgan fingerprint density at radius 1 is 1.22 bits per heavy atom. The maximum absolute atomic E-state index is 12.4. The Balaban J connectivity index is 2.03. The van der Waals surface area contributed by atoms with Crippen LogP contribution in [0.15, 0.2) is 28.5 Å². The minimum absolute atomic E-state index is 0.0622. The molecule has 0 saturated carbocycles. The SMILES string of the molecule is Cc1ccc(S(=O)(=O)Nc2cc3c(cc2C(=O)O)OCCO3)s1. The highest BCUT2D eigenvalue weighted by Gasteiger charge is 2.24. The van der Waals surface area contributed by atoms with E-state index >= 15 is 0 Å². The average molecular weight is 355 g/mol. The number of aryl methyl sites for hydroxylation is 1. The Kier molecular flexibility index (Phi) is 3.90. The molecule has 122 valence electrons. The van der Waals surface area contributed by atoms with Crippen LogP contribution in [0.2, 0.25) is 0 Å². The van der Waals surface area contributed by atoms with E-state index in [1.165, 1.54) is 18.2 Å². The lowest BCUT2D eigenvalue weighted by atomic mass is 10.1. The molecule has 2 aromatic rings. The van der Waals surface area contributed by atoms with Crippen LogP contribution in [0.4, 0.5) is 5.69 Å². The van der Waals surface area contributed by atoms with E-state index < -0.39 is 16.0 Å². The second-order valence-electron chi connectivity index (χ2n) is 4.82. The number of carbonyl (C=O) groups is 1. The van der Waals surface area contributed by atoms with Gasteiger partial charge in [0.1, 0.15) is 17.4 Å². The van der Waals surface area contributed by atoms with Gasteiger partial charge in [0, 0.05) is 17.0 Å². The molecule has 0 unspecified atom stereocenters. The van der Waals surface area contributed by atoms with Crippen molar-refractivity contribution in [1.29, 1.82) is 0 Å². The second kappa shape index (κ2) is 5.74. The van der Waals surface area contributed by atoms with E-state index in [1.54, 1.807) is 13.0 Å². The second-order valence-corrected chi connectivity index (χ2v) is 8.01. The molecular weight excluding hydrogens is 342 g/mol. The molecule has 0 spiro atoms. The third-order valence-corrected chi connectivity index (χ3v) is 6.00. The Hall–Kier alpha value is -2.26. The van der Waals surface area contributed by atoms with Crippen molar-refractivity contribution in [2.75, 3.05) is 17.9 Å². The van der Waals surface area contributed by atoms with Gasteiger partial charge in [-0.25, -0.2) is 13.2 Å². The van der Waals surface area contributed by atoms with E-state index in [-0.39, 0.29) is 21.2 Å². The van der Waals surface area contributed by atoms with E-state index in [2.05, 4.69) is 4.72 Å². The number of hydrogen-bond acceptors (Lipinski definition) is 6. The van der Waals surface area contributed by atoms with E-state index in [0.717, 1.165) is 16.2 Å². The number of hydrogen-bond donors (Lipinski definition) is 2. The van der Waals surface area contributed by atoms with Crippen molar-refractivity contribution in [3.63, 3.8) is 0 Å². The van der Waals surface area contributed by atoms with Crippen LogP contribution in [-0.4, -0.2) is 32.7 Å². The highest BCUT2D eigenvalue weighted by molar-refractivity contribution is 7.94. The molecule has 0 bridgehead atoms. The molecule has 0 amide bonds. The fraction of sp³-hybridized carbons (Fsp3) is 0.214. The Morgan fingerprint density at radius 3 is 2.43 bits per heavy atom. The first-order valence-electron chi connectivity index (χ1n) is 6.63. The quantitative estimate of drug-likeness (QED) is 0.873. The Morgan fingerprint density at radius 2 is 1.87 bits per heavy atom. The van der Waals surface area contributed by atoms with E-state index in [0.29, 0.717) is 19.0 Å². The van der Waals surface area contributed by atoms with E-state index in [1.807, 2.05) is 0 Å². The Labute approximate surface area is 136 Å². The van der Waals surface area contributed by atoms with Crippen LogP contribution in [0.1, 0.15) is 15.2 Å². The number of carboxylic acids is 1. The summed E-state index contributed by atoms with van der Waals surface area (Å²) >= 11 is 1.10. The van der Waals surface area contributed by atoms with Gasteiger partial charge >= 0.3 is 5.97 Å². The minimum Gasteiger partial charge on any atom is -0.486 e. The van der Waals surface area contributed by atoms with Crippen LogP contribution in [0.3, 0.4) is 0 Å². The molecule has 9 heteroatoms. The van der Waals surface area contributed by atoms with Crippen LogP contribution in [-0.2, 0) is 10.0 Å². The largest absolute Gasteiger partial charge is 0.486 e. The van der Waals surface area contributed by atoms with Gasteiger partial charge in [-0.3, -0.25) is 4.72 Å². The van der Waals surface area contributed by atoms with Crippen LogP contribution >= 0.6 is 11.3 Å². The number of anilines is 1. The molecule has 1 aliphatic heterocycles. The number of carboxylic acid groups (broad SMARTS) is 1. The number of fused-ring (bicyclic) bond motifs is 1. The van der Waals surface area contributed by atoms with Crippen LogP contribution in [0.5, 0.6) is 11.5 Å². The van der Waals surface area contributed by atoms with E-state index in [4.69, 9.17) is 9.47 Å². The first-order valence-corrected chi connectivity index (χ1v) is 8.93. The normalized spacial score (nSPS) is 13.6. The van der Waals surface area contributed by atoms with Gasteiger partial charge in [0.2, 0.25) is 0 Å². The number of ether oxygens (including phenoxy) is 2. The van der Waals surface area contributed by atoms with Gasteiger partial charge in [0.05, 0.1) is 11.3 Å². The molecule has 7 nitrogen and oxygen atoms in total.